The number of fused-ring (bicyclic) bond motifs is 3. The van der Waals surface area contributed by atoms with Gasteiger partial charge in [0, 0.05) is 130 Å². The lowest BCUT2D eigenvalue weighted by Gasteiger charge is -2.33. The van der Waals surface area contributed by atoms with Crippen molar-refractivity contribution in [1.82, 2.24) is 44.4 Å². The number of methoxy groups -OCH3 is 3. The second-order valence-electron chi connectivity index (χ2n) is 28.8. The van der Waals surface area contributed by atoms with Crippen molar-refractivity contribution in [3.8, 4) is 52.8 Å². The van der Waals surface area contributed by atoms with Crippen molar-refractivity contribution in [1.29, 1.82) is 0 Å². The first-order valence-corrected chi connectivity index (χ1v) is 39.5. The number of hydrogen-bond acceptors (Lipinski definition) is 16. The van der Waals surface area contributed by atoms with Crippen LogP contribution in [0.3, 0.4) is 0 Å². The molecular weight excluding hydrogens is 1660 g/mol. The number of carbonyl (C=O) groups excluding carboxylic acids is 3. The molecule has 3 aliphatic rings. The highest BCUT2D eigenvalue weighted by molar-refractivity contribution is 7.93. The van der Waals surface area contributed by atoms with Crippen LogP contribution in [0, 0.1) is 53.0 Å². The van der Waals surface area contributed by atoms with Gasteiger partial charge in [-0.2, -0.15) is 43.4 Å². The van der Waals surface area contributed by atoms with Gasteiger partial charge >= 0.3 is 18.5 Å². The van der Waals surface area contributed by atoms with E-state index in [1.165, 1.54) is 66.9 Å². The summed E-state index contributed by atoms with van der Waals surface area (Å²) in [5, 5.41) is 26.7. The molecule has 6 heterocycles. The molecule has 662 valence electrons. The maximum atomic E-state index is 14.7. The summed E-state index contributed by atoms with van der Waals surface area (Å²) >= 11 is 0.250. The van der Waals surface area contributed by atoms with Crippen molar-refractivity contribution >= 4 is 96.7 Å². The van der Waals surface area contributed by atoms with E-state index < -0.39 is 110 Å². The van der Waals surface area contributed by atoms with Crippen molar-refractivity contribution in [3.05, 3.63) is 160 Å². The zero-order valence-electron chi connectivity index (χ0n) is 68.6. The Bertz CT molecular complexity index is 4880. The number of nitrogens with one attached hydrogen (secondary N) is 9. The van der Waals surface area contributed by atoms with Crippen LogP contribution in [0.5, 0.6) is 17.2 Å². The molecule has 21 nitrogen and oxygen atoms in total. The third-order valence-corrected chi connectivity index (χ3v) is 20.1. The first-order valence-electron chi connectivity index (χ1n) is 38.4. The molecule has 0 bridgehead atoms. The Balaban J connectivity index is 0.000000206. The first-order chi connectivity index (χ1) is 58.4. The number of alkyl halides is 12. The van der Waals surface area contributed by atoms with Crippen LogP contribution in [-0.2, 0) is 19.6 Å². The fraction of sp³-hybridized carbons (Fsp3) is 0.400. The second kappa shape index (κ2) is 42.9. The molecule has 0 radical (unpaired) electrons. The minimum absolute atomic E-state index is 0.0487. The number of carbonyl (C=O) groups is 3. The van der Waals surface area contributed by atoms with E-state index in [-0.39, 0.29) is 119 Å². The highest BCUT2D eigenvalue weighted by Crippen LogP contribution is 2.38. The number of aromatic nitrogens is 3. The van der Waals surface area contributed by atoms with Gasteiger partial charge in [0.1, 0.15) is 72.8 Å². The number of ether oxygens (including phenoxy) is 3. The number of anilines is 6. The number of benzene rings is 6. The van der Waals surface area contributed by atoms with Gasteiger partial charge in [-0.25, -0.2) is 26.3 Å². The lowest BCUT2D eigenvalue weighted by molar-refractivity contribution is -0.140. The lowest BCUT2D eigenvalue weighted by Crippen LogP contribution is -2.46. The molecule has 9 aromatic rings. The largest absolute Gasteiger partial charge is 0.495 e. The Morgan fingerprint density at radius 1 is 0.423 bits per heavy atom. The number of amides is 3. The summed E-state index contributed by atoms with van der Waals surface area (Å²) in [4.78, 5) is 41.2. The van der Waals surface area contributed by atoms with Gasteiger partial charge in [0.25, 0.3) is 17.7 Å². The van der Waals surface area contributed by atoms with E-state index in [9.17, 15) is 84.1 Å². The Labute approximate surface area is 704 Å². The predicted octanol–water partition coefficient (Wildman–Crippen LogP) is 15.1. The summed E-state index contributed by atoms with van der Waals surface area (Å²) in [6.45, 7) is -0.970. The Hall–Kier alpha value is -11.7. The summed E-state index contributed by atoms with van der Waals surface area (Å²) in [7, 11) is 13.7. The summed E-state index contributed by atoms with van der Waals surface area (Å²) in [6.07, 6.45) is -13.8. The lowest BCUT2D eigenvalue weighted by atomic mass is 10.0. The molecule has 0 aliphatic carbocycles. The number of piperidine rings is 3. The molecule has 0 saturated carbocycles. The van der Waals surface area contributed by atoms with Crippen molar-refractivity contribution in [2.45, 2.75) is 94.1 Å². The molecule has 3 amide bonds. The average Bonchev–Trinajstić information content (AvgIpc) is 1.64. The zero-order chi connectivity index (χ0) is 89.8. The van der Waals surface area contributed by atoms with E-state index in [4.69, 9.17) is 14.2 Å². The summed E-state index contributed by atoms with van der Waals surface area (Å²) in [5.41, 5.74) is 3.00. The smallest absolute Gasteiger partial charge is 0.406 e. The third-order valence-electron chi connectivity index (χ3n) is 20.1. The summed E-state index contributed by atoms with van der Waals surface area (Å²) in [6, 6.07) is 25.0. The van der Waals surface area contributed by atoms with Gasteiger partial charge in [0.15, 0.2) is 0 Å². The molecule has 123 heavy (non-hydrogen) atoms. The van der Waals surface area contributed by atoms with Gasteiger partial charge < -0.3 is 90.5 Å². The van der Waals surface area contributed by atoms with E-state index >= 15 is 0 Å². The zero-order valence-corrected chi connectivity index (χ0v) is 69.4. The van der Waals surface area contributed by atoms with Crippen molar-refractivity contribution in [2.24, 2.45) is 0 Å². The van der Waals surface area contributed by atoms with Crippen LogP contribution in [0.15, 0.2) is 109 Å². The van der Waals surface area contributed by atoms with E-state index in [2.05, 4.69) is 83.4 Å². The topological polar surface area (TPSA) is 212 Å². The highest BCUT2D eigenvalue weighted by atomic mass is 32.2. The predicted molar refractivity (Wildman–Crippen MR) is 447 cm³/mol. The number of nitrogens with zero attached hydrogens (tertiary/aromatic N) is 6. The number of likely N-dealkylation sites (tertiary alicyclic amines) is 3. The Morgan fingerprint density at radius 3 is 0.894 bits per heavy atom. The van der Waals surface area contributed by atoms with Gasteiger partial charge in [-0.05, 0) is 131 Å². The van der Waals surface area contributed by atoms with Crippen LogP contribution < -0.4 is 62.1 Å². The van der Waals surface area contributed by atoms with E-state index in [1.807, 2.05) is 35.8 Å². The number of halogens is 16. The Kier molecular flexibility index (Phi) is 33.2. The van der Waals surface area contributed by atoms with Crippen LogP contribution in [0.2, 0.25) is 0 Å². The standard InChI is InChI=1S/3C28H30F5N5O2.CH3FS/c3*1-34-27(39)18-13-26(40-3)24(14-20(18)29)35-10-5-6-17-12-19-22(36-23-9-11-37(2)15-21(23)30)7-4-8-25(19)38(17)16-28(31,32)33;1-3-2/h3*4,7-8,12-14,21,23,35-36H,9-11,15-16H2,1-3H3,(H,34,39);1H3/t3*21-,23+;/m110./s1. The van der Waals surface area contributed by atoms with Crippen molar-refractivity contribution < 1.29 is 98.3 Å². The molecule has 3 fully saturated rings. The molecule has 12 rings (SSSR count). The first kappa shape index (κ1) is 95.2. The summed E-state index contributed by atoms with van der Waals surface area (Å²) in [5.74, 6) is 13.1. The molecule has 6 aromatic carbocycles. The minimum atomic E-state index is -4.50. The van der Waals surface area contributed by atoms with Crippen LogP contribution in [-0.4, -0.2) is 230 Å². The van der Waals surface area contributed by atoms with E-state index in [1.54, 1.807) is 72.8 Å². The minimum Gasteiger partial charge on any atom is -0.495 e. The van der Waals surface area contributed by atoms with Crippen LogP contribution >= 0.6 is 12.1 Å². The fourth-order valence-corrected chi connectivity index (χ4v) is 14.2. The van der Waals surface area contributed by atoms with E-state index in [0.29, 0.717) is 88.7 Å². The molecule has 9 N–H and O–H groups in total. The highest BCUT2D eigenvalue weighted by Gasteiger charge is 2.36. The van der Waals surface area contributed by atoms with E-state index in [0.717, 1.165) is 31.9 Å². The molecule has 6 atom stereocenters. The molecular formula is C85H93F16N15O6S. The van der Waals surface area contributed by atoms with Crippen LogP contribution in [0.25, 0.3) is 32.7 Å². The SMILES string of the molecule is CNC(=O)c1cc(OC)c(NCC#Cc2cc3c(N[C@@H]4CCN(C)C[C@@H]4F)cccc3n2CC(F)(F)F)cc1F.CNC(=O)c1cc(OC)c(NCC#Cc2cc3c(N[C@H]4CCN(C)C[C@H]4F)cccc3n2CC(F)(F)F)cc1F.CNC(=O)c1cc(OC)c(NCC#Cc2cc3c(N[C@H]4CCN(C)C[C@H]4F)cccc3n2CC(F)(F)F)cc1F.CSF. The third kappa shape index (κ3) is 25.5. The molecule has 3 aliphatic heterocycles. The monoisotopic (exact) mass is 1760 g/mol. The maximum absolute atomic E-state index is 14.7. The molecule has 38 heteroatoms. The molecule has 3 saturated heterocycles. The average molecular weight is 1760 g/mol. The van der Waals surface area contributed by atoms with Crippen molar-refractivity contribution in [2.75, 3.05) is 161 Å². The van der Waals surface area contributed by atoms with Gasteiger partial charge in [-0.15, -0.1) is 0 Å². The molecule has 0 unspecified atom stereocenters. The molecule has 3 aromatic heterocycles. The number of rotatable bonds is 21. The van der Waals surface area contributed by atoms with Crippen LogP contribution in [0.1, 0.15) is 67.4 Å². The van der Waals surface area contributed by atoms with Crippen LogP contribution in [0.4, 0.5) is 104 Å². The van der Waals surface area contributed by atoms with Gasteiger partial charge in [0.05, 0.1) is 126 Å². The van der Waals surface area contributed by atoms with Crippen molar-refractivity contribution in [3.63, 3.8) is 0 Å². The molecule has 0 spiro atoms. The summed E-state index contributed by atoms with van der Waals surface area (Å²) < 4.78 is 238. The number of hydrogen-bond donors (Lipinski definition) is 9. The Morgan fingerprint density at radius 2 is 0.675 bits per heavy atom. The quantitative estimate of drug-likeness (QED) is 0.0242. The fourth-order valence-electron chi connectivity index (χ4n) is 14.2. The second-order valence-corrected chi connectivity index (χ2v) is 29.1. The van der Waals surface area contributed by atoms with Gasteiger partial charge in [-0.3, -0.25) is 14.4 Å². The van der Waals surface area contributed by atoms with Gasteiger partial charge in [0.2, 0.25) is 0 Å². The maximum Gasteiger partial charge on any atom is 0.406 e. The van der Waals surface area contributed by atoms with Gasteiger partial charge in [-0.1, -0.05) is 36.0 Å². The normalized spacial score (nSPS) is 17.4.